The van der Waals surface area contributed by atoms with Crippen LogP contribution < -0.4 is 14.8 Å². The predicted octanol–water partition coefficient (Wildman–Crippen LogP) is 2.57. The second kappa shape index (κ2) is 8.88. The van der Waals surface area contributed by atoms with Gasteiger partial charge in [-0.1, -0.05) is 18.2 Å². The molecule has 0 aliphatic heterocycles. The molecule has 7 nitrogen and oxygen atoms in total. The molecule has 27 heavy (non-hydrogen) atoms. The highest BCUT2D eigenvalue weighted by Crippen LogP contribution is 2.27. The van der Waals surface area contributed by atoms with Crippen LogP contribution in [0.25, 0.3) is 0 Å². The van der Waals surface area contributed by atoms with E-state index in [9.17, 15) is 13.2 Å². The summed E-state index contributed by atoms with van der Waals surface area (Å²) in [7, 11) is -0.899. The minimum absolute atomic E-state index is 0.0282. The third-order valence-corrected chi connectivity index (χ3v) is 5.39. The van der Waals surface area contributed by atoms with Gasteiger partial charge in [-0.3, -0.25) is 9.52 Å². The lowest BCUT2D eigenvalue weighted by molar-refractivity contribution is 0.0905. The molecule has 2 rings (SSSR count). The molecule has 0 aromatic heterocycles. The number of amides is 1. The van der Waals surface area contributed by atoms with Crippen LogP contribution in [0.1, 0.15) is 22.8 Å². The number of benzene rings is 2. The van der Waals surface area contributed by atoms with Crippen molar-refractivity contribution in [3.63, 3.8) is 0 Å². The molecule has 0 heterocycles. The minimum atomic E-state index is -3.91. The number of ether oxygens (including phenoxy) is 2. The lowest BCUT2D eigenvalue weighted by atomic mass is 10.1. The lowest BCUT2D eigenvalue weighted by Gasteiger charge is -2.15. The number of aryl methyl sites for hydroxylation is 1. The first-order valence-corrected chi connectivity index (χ1v) is 9.83. The second-order valence-electron chi connectivity index (χ2n) is 6.12. The number of hydrogen-bond donors (Lipinski definition) is 2. The fourth-order valence-corrected chi connectivity index (χ4v) is 3.90. The Kier molecular flexibility index (Phi) is 6.81. The highest BCUT2D eigenvalue weighted by atomic mass is 32.2. The summed E-state index contributed by atoms with van der Waals surface area (Å²) in [5.74, 6) is 0.0364. The Morgan fingerprint density at radius 3 is 2.52 bits per heavy atom. The molecule has 146 valence electrons. The van der Waals surface area contributed by atoms with Crippen molar-refractivity contribution in [2.45, 2.75) is 24.8 Å². The molecule has 0 aliphatic rings. The van der Waals surface area contributed by atoms with Gasteiger partial charge in [0.25, 0.3) is 15.9 Å². The maximum absolute atomic E-state index is 12.9. The number of sulfonamides is 1. The first kappa shape index (κ1) is 20.7. The van der Waals surface area contributed by atoms with E-state index in [0.29, 0.717) is 23.6 Å². The third kappa shape index (κ3) is 5.21. The largest absolute Gasteiger partial charge is 0.495 e. The van der Waals surface area contributed by atoms with E-state index < -0.39 is 10.0 Å². The summed E-state index contributed by atoms with van der Waals surface area (Å²) in [4.78, 5) is 12.4. The first-order chi connectivity index (χ1) is 12.8. The van der Waals surface area contributed by atoms with Crippen LogP contribution in [-0.2, 0) is 14.8 Å². The monoisotopic (exact) mass is 392 g/mol. The first-order valence-electron chi connectivity index (χ1n) is 8.34. The van der Waals surface area contributed by atoms with Crippen molar-refractivity contribution in [2.75, 3.05) is 25.5 Å². The van der Waals surface area contributed by atoms with Gasteiger partial charge in [-0.15, -0.1) is 0 Å². The van der Waals surface area contributed by atoms with Crippen LogP contribution >= 0.6 is 0 Å². The zero-order valence-electron chi connectivity index (χ0n) is 15.8. The summed E-state index contributed by atoms with van der Waals surface area (Å²) < 4.78 is 38.4. The Balaban J connectivity index is 2.32. The molecule has 8 heteroatoms. The number of methoxy groups -OCH3 is 2. The van der Waals surface area contributed by atoms with E-state index in [4.69, 9.17) is 9.47 Å². The van der Waals surface area contributed by atoms with Crippen molar-refractivity contribution in [3.05, 3.63) is 53.6 Å². The van der Waals surface area contributed by atoms with Gasteiger partial charge in [0.15, 0.2) is 0 Å². The fraction of sp³-hybridized carbons (Fsp3) is 0.316. The molecule has 0 radical (unpaired) electrons. The van der Waals surface area contributed by atoms with Gasteiger partial charge < -0.3 is 14.8 Å². The van der Waals surface area contributed by atoms with Crippen LogP contribution in [0.5, 0.6) is 5.75 Å². The number of anilines is 1. The Morgan fingerprint density at radius 1 is 1.15 bits per heavy atom. The molecule has 1 amide bonds. The Labute approximate surface area is 159 Å². The molecule has 1 atom stereocenters. The number of hydrogen-bond acceptors (Lipinski definition) is 5. The number of nitrogens with one attached hydrogen (secondary N) is 2. The maximum atomic E-state index is 12.9. The fourth-order valence-electron chi connectivity index (χ4n) is 2.56. The normalized spacial score (nSPS) is 12.3. The molecule has 1 unspecified atom stereocenters. The second-order valence-corrected chi connectivity index (χ2v) is 7.77. The highest BCUT2D eigenvalue weighted by Gasteiger charge is 2.21. The molecular weight excluding hydrogens is 368 g/mol. The van der Waals surface area contributed by atoms with Gasteiger partial charge >= 0.3 is 0 Å². The minimum Gasteiger partial charge on any atom is -0.495 e. The zero-order valence-corrected chi connectivity index (χ0v) is 16.6. The molecule has 2 aromatic carbocycles. The van der Waals surface area contributed by atoms with E-state index in [0.717, 1.165) is 0 Å². The summed E-state index contributed by atoms with van der Waals surface area (Å²) in [6.07, 6.45) is 0. The molecule has 0 fully saturated rings. The van der Waals surface area contributed by atoms with Crippen molar-refractivity contribution in [3.8, 4) is 5.75 Å². The van der Waals surface area contributed by atoms with E-state index in [1.807, 2.05) is 0 Å². The predicted molar refractivity (Wildman–Crippen MR) is 104 cm³/mol. The summed E-state index contributed by atoms with van der Waals surface area (Å²) in [6, 6.07) is 11.1. The van der Waals surface area contributed by atoms with Crippen molar-refractivity contribution in [2.24, 2.45) is 0 Å². The molecule has 0 saturated heterocycles. The number of carbonyl (C=O) groups is 1. The summed E-state index contributed by atoms with van der Waals surface area (Å²) >= 11 is 0. The van der Waals surface area contributed by atoms with Crippen LogP contribution in [0.15, 0.2) is 47.4 Å². The Bertz CT molecular complexity index is 912. The quantitative estimate of drug-likeness (QED) is 0.720. The SMILES string of the molecule is COCC(C)NC(=O)c1ccc(C)c(S(=O)(=O)Nc2ccccc2OC)c1. The summed E-state index contributed by atoms with van der Waals surface area (Å²) in [5, 5.41) is 2.76. The van der Waals surface area contributed by atoms with Gasteiger partial charge in [0, 0.05) is 18.7 Å². The molecule has 0 saturated carbocycles. The van der Waals surface area contributed by atoms with Crippen LogP contribution in [0.4, 0.5) is 5.69 Å². The van der Waals surface area contributed by atoms with Gasteiger partial charge in [0.05, 0.1) is 24.3 Å². The van der Waals surface area contributed by atoms with Crippen molar-refractivity contribution in [1.29, 1.82) is 0 Å². The number of para-hydroxylation sites is 2. The van der Waals surface area contributed by atoms with Crippen LogP contribution in [0.2, 0.25) is 0 Å². The van der Waals surface area contributed by atoms with Gasteiger partial charge in [-0.25, -0.2) is 8.42 Å². The van der Waals surface area contributed by atoms with E-state index in [2.05, 4.69) is 10.0 Å². The third-order valence-electron chi connectivity index (χ3n) is 3.89. The smallest absolute Gasteiger partial charge is 0.262 e. The lowest BCUT2D eigenvalue weighted by Crippen LogP contribution is -2.35. The molecule has 2 aromatic rings. The average Bonchev–Trinajstić information content (AvgIpc) is 2.62. The van der Waals surface area contributed by atoms with E-state index in [1.165, 1.54) is 13.2 Å². The average molecular weight is 392 g/mol. The van der Waals surface area contributed by atoms with E-state index in [-0.39, 0.29) is 22.4 Å². The molecule has 2 N–H and O–H groups in total. The highest BCUT2D eigenvalue weighted by molar-refractivity contribution is 7.92. The van der Waals surface area contributed by atoms with Gasteiger partial charge in [-0.2, -0.15) is 0 Å². The van der Waals surface area contributed by atoms with E-state index >= 15 is 0 Å². The topological polar surface area (TPSA) is 93.7 Å². The Morgan fingerprint density at radius 2 is 1.85 bits per heavy atom. The van der Waals surface area contributed by atoms with Crippen molar-refractivity contribution >= 4 is 21.6 Å². The van der Waals surface area contributed by atoms with E-state index in [1.54, 1.807) is 57.4 Å². The van der Waals surface area contributed by atoms with Crippen LogP contribution in [0, 0.1) is 6.92 Å². The maximum Gasteiger partial charge on any atom is 0.262 e. The molecular formula is C19H24N2O5S. The van der Waals surface area contributed by atoms with Crippen LogP contribution in [0.3, 0.4) is 0 Å². The summed E-state index contributed by atoms with van der Waals surface area (Å²) in [6.45, 7) is 3.83. The van der Waals surface area contributed by atoms with Gasteiger partial charge in [-0.05, 0) is 43.7 Å². The molecule has 0 spiro atoms. The van der Waals surface area contributed by atoms with Crippen LogP contribution in [-0.4, -0.2) is 41.2 Å². The van der Waals surface area contributed by atoms with Crippen molar-refractivity contribution in [1.82, 2.24) is 5.32 Å². The number of rotatable bonds is 8. The number of carbonyl (C=O) groups excluding carboxylic acids is 1. The van der Waals surface area contributed by atoms with Crippen molar-refractivity contribution < 1.29 is 22.7 Å². The standard InChI is InChI=1S/C19H24N2O5S/c1-13-9-10-15(19(22)20-14(2)12-25-3)11-18(13)27(23,24)21-16-7-5-6-8-17(16)26-4/h5-11,14,21H,12H2,1-4H3,(H,20,22). The summed E-state index contributed by atoms with van der Waals surface area (Å²) in [5.41, 5.74) is 1.10. The zero-order chi connectivity index (χ0) is 20.0. The Hall–Kier alpha value is -2.58. The molecule has 0 bridgehead atoms. The molecule has 0 aliphatic carbocycles. The van der Waals surface area contributed by atoms with Gasteiger partial charge in [0.2, 0.25) is 0 Å². The van der Waals surface area contributed by atoms with Gasteiger partial charge in [0.1, 0.15) is 5.75 Å².